The molecule has 0 saturated carbocycles. The highest BCUT2D eigenvalue weighted by molar-refractivity contribution is 7.89. The van der Waals surface area contributed by atoms with E-state index in [-0.39, 0.29) is 10.8 Å². The molecular weight excluding hydrogens is 370 g/mol. The van der Waals surface area contributed by atoms with Gasteiger partial charge in [-0.3, -0.25) is 9.69 Å². The minimum absolute atomic E-state index is 0.110. The fourth-order valence-electron chi connectivity index (χ4n) is 3.12. The van der Waals surface area contributed by atoms with Gasteiger partial charge < -0.3 is 14.8 Å². The van der Waals surface area contributed by atoms with Crippen molar-refractivity contribution in [3.8, 4) is 5.75 Å². The molecule has 8 nitrogen and oxygen atoms in total. The SMILES string of the molecule is CCCC[C@@H]1Oc2ccc(S(=O)(=O)NCCN3CCOCC3)cc2NC1=O. The molecule has 0 bridgehead atoms. The maximum absolute atomic E-state index is 12.5. The molecule has 1 aromatic rings. The Balaban J connectivity index is 1.61. The highest BCUT2D eigenvalue weighted by atomic mass is 32.2. The smallest absolute Gasteiger partial charge is 0.265 e. The number of carbonyl (C=O) groups is 1. The minimum atomic E-state index is -3.65. The van der Waals surface area contributed by atoms with E-state index < -0.39 is 16.1 Å². The number of amides is 1. The second-order valence-electron chi connectivity index (χ2n) is 6.75. The summed E-state index contributed by atoms with van der Waals surface area (Å²) in [6, 6.07) is 4.55. The normalized spacial score (nSPS) is 20.6. The van der Waals surface area contributed by atoms with Crippen molar-refractivity contribution in [2.45, 2.75) is 37.2 Å². The third-order valence-corrected chi connectivity index (χ3v) is 6.18. The first-order valence-electron chi connectivity index (χ1n) is 9.41. The summed E-state index contributed by atoms with van der Waals surface area (Å²) < 4.78 is 38.7. The van der Waals surface area contributed by atoms with Gasteiger partial charge in [0.05, 0.1) is 23.8 Å². The van der Waals surface area contributed by atoms with Crippen LogP contribution in [0.1, 0.15) is 26.2 Å². The van der Waals surface area contributed by atoms with Crippen LogP contribution in [-0.2, 0) is 19.6 Å². The van der Waals surface area contributed by atoms with Crippen LogP contribution in [0.4, 0.5) is 5.69 Å². The molecule has 2 aliphatic rings. The lowest BCUT2D eigenvalue weighted by molar-refractivity contribution is -0.123. The van der Waals surface area contributed by atoms with Gasteiger partial charge in [0.1, 0.15) is 5.75 Å². The van der Waals surface area contributed by atoms with Crippen LogP contribution in [0.25, 0.3) is 0 Å². The average molecular weight is 397 g/mol. The number of anilines is 1. The Kier molecular flexibility index (Phi) is 6.69. The molecule has 9 heteroatoms. The maximum Gasteiger partial charge on any atom is 0.265 e. The molecular formula is C18H27N3O5S. The zero-order chi connectivity index (χ0) is 19.3. The second-order valence-corrected chi connectivity index (χ2v) is 8.51. The molecule has 3 rings (SSSR count). The molecule has 1 aromatic carbocycles. The van der Waals surface area contributed by atoms with Crippen molar-refractivity contribution < 1.29 is 22.7 Å². The topological polar surface area (TPSA) is 97.0 Å². The Morgan fingerprint density at radius 1 is 1.30 bits per heavy atom. The number of carbonyl (C=O) groups excluding carboxylic acids is 1. The number of nitrogens with zero attached hydrogens (tertiary/aromatic N) is 1. The van der Waals surface area contributed by atoms with E-state index in [1.54, 1.807) is 6.07 Å². The van der Waals surface area contributed by atoms with Crippen molar-refractivity contribution >= 4 is 21.6 Å². The molecule has 1 atom stereocenters. The number of fused-ring (bicyclic) bond motifs is 1. The van der Waals surface area contributed by atoms with Gasteiger partial charge in [0.15, 0.2) is 6.10 Å². The van der Waals surface area contributed by atoms with Crippen LogP contribution in [0.3, 0.4) is 0 Å². The van der Waals surface area contributed by atoms with E-state index >= 15 is 0 Å². The summed E-state index contributed by atoms with van der Waals surface area (Å²) in [6.45, 7) is 5.98. The third kappa shape index (κ3) is 5.19. The summed E-state index contributed by atoms with van der Waals surface area (Å²) in [5.41, 5.74) is 0.392. The van der Waals surface area contributed by atoms with Crippen LogP contribution < -0.4 is 14.8 Å². The molecule has 0 aromatic heterocycles. The van der Waals surface area contributed by atoms with Gasteiger partial charge in [-0.25, -0.2) is 13.1 Å². The third-order valence-electron chi connectivity index (χ3n) is 4.72. The fraction of sp³-hybridized carbons (Fsp3) is 0.611. The van der Waals surface area contributed by atoms with Gasteiger partial charge >= 0.3 is 0 Å². The second kappa shape index (κ2) is 9.01. The molecule has 2 aliphatic heterocycles. The summed E-state index contributed by atoms with van der Waals surface area (Å²) in [6.07, 6.45) is 2.00. The van der Waals surface area contributed by atoms with E-state index in [2.05, 4.69) is 21.9 Å². The molecule has 2 N–H and O–H groups in total. The zero-order valence-corrected chi connectivity index (χ0v) is 16.4. The Morgan fingerprint density at radius 3 is 2.81 bits per heavy atom. The molecule has 2 heterocycles. The first-order chi connectivity index (χ1) is 13.0. The van der Waals surface area contributed by atoms with E-state index in [1.807, 2.05) is 0 Å². The van der Waals surface area contributed by atoms with Crippen LogP contribution in [0.2, 0.25) is 0 Å². The minimum Gasteiger partial charge on any atom is -0.478 e. The number of hydrogen-bond donors (Lipinski definition) is 2. The highest BCUT2D eigenvalue weighted by Crippen LogP contribution is 2.32. The molecule has 27 heavy (non-hydrogen) atoms. The first-order valence-corrected chi connectivity index (χ1v) is 10.9. The number of rotatable bonds is 8. The van der Waals surface area contributed by atoms with E-state index in [0.29, 0.717) is 44.2 Å². The number of sulfonamides is 1. The number of benzene rings is 1. The molecule has 1 amide bonds. The predicted molar refractivity (Wildman–Crippen MR) is 101 cm³/mol. The van der Waals surface area contributed by atoms with Gasteiger partial charge in [-0.1, -0.05) is 13.3 Å². The lowest BCUT2D eigenvalue weighted by Gasteiger charge is -2.27. The van der Waals surface area contributed by atoms with Crippen LogP contribution in [0.5, 0.6) is 5.75 Å². The molecule has 0 radical (unpaired) electrons. The summed E-state index contributed by atoms with van der Waals surface area (Å²) in [5.74, 6) is 0.272. The quantitative estimate of drug-likeness (QED) is 0.684. The summed E-state index contributed by atoms with van der Waals surface area (Å²) in [4.78, 5) is 14.4. The first kappa shape index (κ1) is 20.1. The van der Waals surface area contributed by atoms with Crippen LogP contribution in [-0.4, -0.2) is 64.7 Å². The van der Waals surface area contributed by atoms with Gasteiger partial charge in [-0.2, -0.15) is 0 Å². The van der Waals surface area contributed by atoms with Crippen molar-refractivity contribution in [1.82, 2.24) is 9.62 Å². The summed E-state index contributed by atoms with van der Waals surface area (Å²) >= 11 is 0. The molecule has 150 valence electrons. The predicted octanol–water partition coefficient (Wildman–Crippen LogP) is 1.19. The monoisotopic (exact) mass is 397 g/mol. The summed E-state index contributed by atoms with van der Waals surface area (Å²) in [7, 11) is -3.65. The maximum atomic E-state index is 12.5. The molecule has 1 saturated heterocycles. The Morgan fingerprint density at radius 2 is 2.07 bits per heavy atom. The van der Waals surface area contributed by atoms with Crippen molar-refractivity contribution in [3.05, 3.63) is 18.2 Å². The summed E-state index contributed by atoms with van der Waals surface area (Å²) in [5, 5.41) is 2.76. The molecule has 0 spiro atoms. The van der Waals surface area contributed by atoms with Gasteiger partial charge in [0.2, 0.25) is 10.0 Å². The largest absolute Gasteiger partial charge is 0.478 e. The molecule has 0 aliphatic carbocycles. The van der Waals surface area contributed by atoms with Crippen molar-refractivity contribution in [2.24, 2.45) is 0 Å². The number of nitrogens with one attached hydrogen (secondary N) is 2. The van der Waals surface area contributed by atoms with Crippen molar-refractivity contribution in [3.63, 3.8) is 0 Å². The number of morpholine rings is 1. The van der Waals surface area contributed by atoms with E-state index in [0.717, 1.165) is 25.9 Å². The molecule has 0 unspecified atom stereocenters. The standard InChI is InChI=1S/C18H27N3O5S/c1-2-3-4-17-18(22)20-15-13-14(5-6-16(15)26-17)27(23,24)19-7-8-21-9-11-25-12-10-21/h5-6,13,17,19H,2-4,7-12H2,1H3,(H,20,22)/t17-/m0/s1. The van der Waals surface area contributed by atoms with Gasteiger partial charge in [0.25, 0.3) is 5.91 Å². The number of unbranched alkanes of at least 4 members (excludes halogenated alkanes) is 1. The van der Waals surface area contributed by atoms with Gasteiger partial charge in [-0.15, -0.1) is 0 Å². The van der Waals surface area contributed by atoms with E-state index in [9.17, 15) is 13.2 Å². The Labute approximate surface area is 160 Å². The van der Waals surface area contributed by atoms with Gasteiger partial charge in [0, 0.05) is 26.2 Å². The van der Waals surface area contributed by atoms with Crippen molar-refractivity contribution in [1.29, 1.82) is 0 Å². The lowest BCUT2D eigenvalue weighted by Crippen LogP contribution is -2.41. The highest BCUT2D eigenvalue weighted by Gasteiger charge is 2.28. The van der Waals surface area contributed by atoms with Crippen LogP contribution in [0, 0.1) is 0 Å². The lowest BCUT2D eigenvalue weighted by atomic mass is 10.1. The fourth-order valence-corrected chi connectivity index (χ4v) is 4.17. The van der Waals surface area contributed by atoms with Crippen LogP contribution in [0.15, 0.2) is 23.1 Å². The zero-order valence-electron chi connectivity index (χ0n) is 15.6. The Hall–Kier alpha value is -1.68. The van der Waals surface area contributed by atoms with E-state index in [1.165, 1.54) is 12.1 Å². The van der Waals surface area contributed by atoms with Crippen LogP contribution >= 0.6 is 0 Å². The van der Waals surface area contributed by atoms with E-state index in [4.69, 9.17) is 9.47 Å². The number of hydrogen-bond acceptors (Lipinski definition) is 6. The van der Waals surface area contributed by atoms with Crippen molar-refractivity contribution in [2.75, 3.05) is 44.7 Å². The molecule has 1 fully saturated rings. The average Bonchev–Trinajstić information content (AvgIpc) is 2.66. The Bertz CT molecular complexity index is 762. The van der Waals surface area contributed by atoms with Gasteiger partial charge in [-0.05, 0) is 31.0 Å². The number of ether oxygens (including phenoxy) is 2.